The summed E-state index contributed by atoms with van der Waals surface area (Å²) in [6.45, 7) is 5.87. The SMILES string of the molecule is CC(C)(C)c1cc(NC(=O)O)no1. The normalized spacial score (nSPS) is 11.3. The first-order valence-electron chi connectivity index (χ1n) is 3.87. The molecule has 2 N–H and O–H groups in total. The summed E-state index contributed by atoms with van der Waals surface area (Å²) in [5.41, 5.74) is -0.161. The molecule has 0 aliphatic heterocycles. The molecular weight excluding hydrogens is 172 g/mol. The smallest absolute Gasteiger partial charge is 0.410 e. The van der Waals surface area contributed by atoms with Gasteiger partial charge in [-0.05, 0) is 0 Å². The monoisotopic (exact) mass is 184 g/mol. The van der Waals surface area contributed by atoms with Gasteiger partial charge >= 0.3 is 6.09 Å². The minimum Gasteiger partial charge on any atom is -0.465 e. The Morgan fingerprint density at radius 3 is 2.62 bits per heavy atom. The molecule has 1 rings (SSSR count). The number of hydrogen-bond acceptors (Lipinski definition) is 3. The molecule has 0 atom stereocenters. The van der Waals surface area contributed by atoms with E-state index in [-0.39, 0.29) is 11.2 Å². The van der Waals surface area contributed by atoms with Crippen molar-refractivity contribution in [2.24, 2.45) is 0 Å². The second-order valence-corrected chi connectivity index (χ2v) is 3.76. The predicted molar refractivity (Wildman–Crippen MR) is 46.9 cm³/mol. The van der Waals surface area contributed by atoms with Crippen molar-refractivity contribution in [1.29, 1.82) is 0 Å². The van der Waals surface area contributed by atoms with Gasteiger partial charge in [-0.3, -0.25) is 5.32 Å². The predicted octanol–water partition coefficient (Wildman–Crippen LogP) is 2.06. The Morgan fingerprint density at radius 1 is 1.62 bits per heavy atom. The molecule has 0 aliphatic carbocycles. The minimum atomic E-state index is -1.14. The van der Waals surface area contributed by atoms with Crippen molar-refractivity contribution in [3.05, 3.63) is 11.8 Å². The van der Waals surface area contributed by atoms with E-state index in [0.717, 1.165) is 0 Å². The molecule has 0 saturated carbocycles. The number of anilines is 1. The lowest BCUT2D eigenvalue weighted by molar-refractivity contribution is 0.209. The van der Waals surface area contributed by atoms with Gasteiger partial charge in [0.2, 0.25) is 0 Å². The van der Waals surface area contributed by atoms with Gasteiger partial charge in [-0.1, -0.05) is 25.9 Å². The number of hydrogen-bond donors (Lipinski definition) is 2. The standard InChI is InChI=1S/C8H12N2O3/c1-8(2,3)5-4-6(10-13-5)9-7(11)12/h4H,1-3H3,(H,9,10)(H,11,12). The Bertz CT molecular complexity index is 311. The molecule has 0 aliphatic rings. The summed E-state index contributed by atoms with van der Waals surface area (Å²) >= 11 is 0. The van der Waals surface area contributed by atoms with Crippen LogP contribution in [-0.2, 0) is 5.41 Å². The van der Waals surface area contributed by atoms with E-state index in [1.807, 2.05) is 20.8 Å². The maximum absolute atomic E-state index is 10.2. The lowest BCUT2D eigenvalue weighted by Gasteiger charge is -2.11. The summed E-state index contributed by atoms with van der Waals surface area (Å²) in [6, 6.07) is 1.58. The summed E-state index contributed by atoms with van der Waals surface area (Å²) < 4.78 is 4.95. The second kappa shape index (κ2) is 3.08. The largest absolute Gasteiger partial charge is 0.465 e. The van der Waals surface area contributed by atoms with Crippen molar-refractivity contribution in [3.8, 4) is 0 Å². The molecule has 1 aromatic heterocycles. The third kappa shape index (κ3) is 2.47. The fraction of sp³-hybridized carbons (Fsp3) is 0.500. The number of carbonyl (C=O) groups is 1. The summed E-state index contributed by atoms with van der Waals surface area (Å²) in [7, 11) is 0. The first-order valence-corrected chi connectivity index (χ1v) is 3.87. The molecule has 0 unspecified atom stereocenters. The molecule has 0 bridgehead atoms. The van der Waals surface area contributed by atoms with Gasteiger partial charge < -0.3 is 9.63 Å². The van der Waals surface area contributed by atoms with Crippen LogP contribution in [0.5, 0.6) is 0 Å². The fourth-order valence-electron chi connectivity index (χ4n) is 0.797. The van der Waals surface area contributed by atoms with Gasteiger partial charge in [0.15, 0.2) is 5.82 Å². The number of nitrogens with one attached hydrogen (secondary N) is 1. The van der Waals surface area contributed by atoms with Gasteiger partial charge in [-0.15, -0.1) is 0 Å². The van der Waals surface area contributed by atoms with E-state index in [2.05, 4.69) is 10.5 Å². The zero-order valence-corrected chi connectivity index (χ0v) is 7.79. The van der Waals surface area contributed by atoms with Gasteiger partial charge in [0.05, 0.1) is 0 Å². The first-order chi connectivity index (χ1) is 5.89. The first kappa shape index (κ1) is 9.57. The molecule has 5 nitrogen and oxygen atoms in total. The van der Waals surface area contributed by atoms with Crippen molar-refractivity contribution in [2.45, 2.75) is 26.2 Å². The van der Waals surface area contributed by atoms with E-state index in [1.54, 1.807) is 6.07 Å². The fourth-order valence-corrected chi connectivity index (χ4v) is 0.797. The summed E-state index contributed by atoms with van der Waals surface area (Å²) in [5.74, 6) is 0.869. The summed E-state index contributed by atoms with van der Waals surface area (Å²) in [4.78, 5) is 10.2. The van der Waals surface area contributed by atoms with Gasteiger partial charge in [0.25, 0.3) is 0 Å². The highest BCUT2D eigenvalue weighted by Gasteiger charge is 2.19. The van der Waals surface area contributed by atoms with Crippen molar-refractivity contribution >= 4 is 11.9 Å². The Kier molecular flexibility index (Phi) is 2.27. The van der Waals surface area contributed by atoms with Crippen LogP contribution in [0.2, 0.25) is 0 Å². The molecule has 0 spiro atoms. The maximum atomic E-state index is 10.2. The van der Waals surface area contributed by atoms with Crippen LogP contribution in [0.1, 0.15) is 26.5 Å². The Labute approximate surface area is 75.7 Å². The molecule has 0 aromatic carbocycles. The van der Waals surface area contributed by atoms with Crippen LogP contribution in [0, 0.1) is 0 Å². The number of aromatic nitrogens is 1. The van der Waals surface area contributed by atoms with Crippen molar-refractivity contribution < 1.29 is 14.4 Å². The molecule has 0 radical (unpaired) electrons. The summed E-state index contributed by atoms with van der Waals surface area (Å²) in [5, 5.41) is 14.1. The van der Waals surface area contributed by atoms with Crippen LogP contribution in [0.25, 0.3) is 0 Å². The second-order valence-electron chi connectivity index (χ2n) is 3.76. The lowest BCUT2D eigenvalue weighted by Crippen LogP contribution is -2.10. The van der Waals surface area contributed by atoms with E-state index >= 15 is 0 Å². The van der Waals surface area contributed by atoms with Crippen molar-refractivity contribution in [1.82, 2.24) is 5.16 Å². The highest BCUT2D eigenvalue weighted by molar-refractivity contribution is 5.81. The van der Waals surface area contributed by atoms with E-state index in [0.29, 0.717) is 5.76 Å². The number of nitrogens with zero attached hydrogens (tertiary/aromatic N) is 1. The van der Waals surface area contributed by atoms with Gasteiger partial charge in [0, 0.05) is 11.5 Å². The van der Waals surface area contributed by atoms with Gasteiger partial charge in [-0.2, -0.15) is 0 Å². The number of carboxylic acid groups (broad SMARTS) is 1. The lowest BCUT2D eigenvalue weighted by atomic mass is 9.93. The topological polar surface area (TPSA) is 75.4 Å². The average molecular weight is 184 g/mol. The van der Waals surface area contributed by atoms with Crippen LogP contribution in [0.4, 0.5) is 10.6 Å². The molecular formula is C8H12N2O3. The molecule has 72 valence electrons. The third-order valence-corrected chi connectivity index (χ3v) is 1.48. The Balaban J connectivity index is 2.81. The Morgan fingerprint density at radius 2 is 2.23 bits per heavy atom. The van der Waals surface area contributed by atoms with Crippen LogP contribution >= 0.6 is 0 Å². The molecule has 1 amide bonds. The van der Waals surface area contributed by atoms with Crippen LogP contribution in [0.15, 0.2) is 10.6 Å². The third-order valence-electron chi connectivity index (χ3n) is 1.48. The molecule has 1 heterocycles. The zero-order chi connectivity index (χ0) is 10.1. The van der Waals surface area contributed by atoms with E-state index < -0.39 is 6.09 Å². The number of rotatable bonds is 1. The van der Waals surface area contributed by atoms with E-state index in [9.17, 15) is 4.79 Å². The highest BCUT2D eigenvalue weighted by Crippen LogP contribution is 2.24. The van der Waals surface area contributed by atoms with Crippen LogP contribution in [-0.4, -0.2) is 16.4 Å². The van der Waals surface area contributed by atoms with Crippen molar-refractivity contribution in [2.75, 3.05) is 5.32 Å². The van der Waals surface area contributed by atoms with Crippen LogP contribution in [0.3, 0.4) is 0 Å². The molecule has 5 heteroatoms. The van der Waals surface area contributed by atoms with E-state index in [1.165, 1.54) is 0 Å². The van der Waals surface area contributed by atoms with Gasteiger partial charge in [-0.25, -0.2) is 4.79 Å². The average Bonchev–Trinajstić information content (AvgIpc) is 2.32. The van der Waals surface area contributed by atoms with E-state index in [4.69, 9.17) is 9.63 Å². The Hall–Kier alpha value is -1.52. The van der Waals surface area contributed by atoms with Gasteiger partial charge in [0.1, 0.15) is 5.76 Å². The highest BCUT2D eigenvalue weighted by atomic mass is 16.5. The molecule has 0 saturated heterocycles. The summed E-state index contributed by atoms with van der Waals surface area (Å²) in [6.07, 6.45) is -1.14. The minimum absolute atomic E-state index is 0.161. The quantitative estimate of drug-likeness (QED) is 0.700. The maximum Gasteiger partial charge on any atom is 0.410 e. The van der Waals surface area contributed by atoms with Crippen molar-refractivity contribution in [3.63, 3.8) is 0 Å². The molecule has 13 heavy (non-hydrogen) atoms. The zero-order valence-electron chi connectivity index (χ0n) is 7.79. The van der Waals surface area contributed by atoms with Crippen LogP contribution < -0.4 is 5.32 Å². The molecule has 1 aromatic rings. The molecule has 0 fully saturated rings. The number of amides is 1.